The van der Waals surface area contributed by atoms with Gasteiger partial charge in [0.1, 0.15) is 0 Å². The molecule has 0 spiro atoms. The molecule has 0 radical (unpaired) electrons. The number of hydrogen-bond donors (Lipinski definition) is 1. The number of aryl methyl sites for hydroxylation is 1. The average molecular weight is 248 g/mol. The van der Waals surface area contributed by atoms with Gasteiger partial charge < -0.3 is 5.32 Å². The minimum absolute atomic E-state index is 0.0702. The van der Waals surface area contributed by atoms with Crippen molar-refractivity contribution in [3.8, 4) is 0 Å². The maximum atomic E-state index is 11.8. The lowest BCUT2D eigenvalue weighted by Gasteiger charge is -2.06. The van der Waals surface area contributed by atoms with Crippen molar-refractivity contribution in [1.82, 2.24) is 5.32 Å². The first-order valence-electron chi connectivity index (χ1n) is 5.70. The number of carbonyl (C=O) groups is 1. The van der Waals surface area contributed by atoms with Crippen molar-refractivity contribution in [1.29, 1.82) is 0 Å². The number of non-ortho nitro benzene ring substituents is 1. The fraction of sp³-hybridized carbons (Fsp3) is 0.308. The molecule has 0 aliphatic rings. The van der Waals surface area contributed by atoms with Crippen molar-refractivity contribution in [3.63, 3.8) is 0 Å². The van der Waals surface area contributed by atoms with Crippen LogP contribution in [0.4, 0.5) is 5.69 Å². The number of hydrogen-bond acceptors (Lipinski definition) is 3. The van der Waals surface area contributed by atoms with E-state index in [1.54, 1.807) is 13.0 Å². The fourth-order valence-corrected chi connectivity index (χ4v) is 1.50. The lowest BCUT2D eigenvalue weighted by Crippen LogP contribution is -2.25. The first kappa shape index (κ1) is 13.9. The molecule has 0 fully saturated rings. The number of nitrogens with zero attached hydrogens (tertiary/aromatic N) is 1. The van der Waals surface area contributed by atoms with Crippen LogP contribution in [0.25, 0.3) is 0 Å². The first-order chi connectivity index (χ1) is 8.56. The minimum Gasteiger partial charge on any atom is -0.352 e. The van der Waals surface area contributed by atoms with Crippen molar-refractivity contribution in [2.45, 2.75) is 20.3 Å². The Morgan fingerprint density at radius 1 is 1.50 bits per heavy atom. The predicted molar refractivity (Wildman–Crippen MR) is 69.6 cm³/mol. The van der Waals surface area contributed by atoms with Crippen molar-refractivity contribution in [3.05, 3.63) is 51.6 Å². The molecule has 0 unspecified atom stereocenters. The molecule has 0 aliphatic heterocycles. The summed E-state index contributed by atoms with van der Waals surface area (Å²) in [6, 6.07) is 4.28. The molecule has 0 bridgehead atoms. The van der Waals surface area contributed by atoms with Crippen LogP contribution in [0, 0.1) is 17.0 Å². The van der Waals surface area contributed by atoms with Gasteiger partial charge in [0.25, 0.3) is 11.6 Å². The molecule has 1 amide bonds. The molecule has 0 saturated carbocycles. The van der Waals surface area contributed by atoms with Gasteiger partial charge >= 0.3 is 0 Å². The number of amides is 1. The van der Waals surface area contributed by atoms with Crippen LogP contribution in [0.5, 0.6) is 0 Å². The van der Waals surface area contributed by atoms with E-state index in [0.717, 1.165) is 12.0 Å². The van der Waals surface area contributed by atoms with Crippen molar-refractivity contribution in [2.24, 2.45) is 0 Å². The summed E-state index contributed by atoms with van der Waals surface area (Å²) < 4.78 is 0. The third kappa shape index (κ3) is 3.69. The van der Waals surface area contributed by atoms with Crippen molar-refractivity contribution in [2.75, 3.05) is 6.54 Å². The van der Waals surface area contributed by atoms with Gasteiger partial charge in [0.15, 0.2) is 0 Å². The van der Waals surface area contributed by atoms with Gasteiger partial charge in [-0.15, -0.1) is 0 Å². The highest BCUT2D eigenvalue weighted by atomic mass is 16.6. The van der Waals surface area contributed by atoms with Gasteiger partial charge in [-0.05, 0) is 25.8 Å². The predicted octanol–water partition coefficient (Wildman–Crippen LogP) is 2.60. The molecule has 1 aromatic carbocycles. The topological polar surface area (TPSA) is 72.2 Å². The zero-order chi connectivity index (χ0) is 13.5. The molecule has 0 saturated heterocycles. The summed E-state index contributed by atoms with van der Waals surface area (Å²) in [7, 11) is 0. The highest BCUT2D eigenvalue weighted by molar-refractivity contribution is 5.96. The van der Waals surface area contributed by atoms with E-state index in [9.17, 15) is 14.9 Å². The minimum atomic E-state index is -0.504. The third-order valence-corrected chi connectivity index (χ3v) is 2.51. The van der Waals surface area contributed by atoms with Crippen LogP contribution >= 0.6 is 0 Å². The Morgan fingerprint density at radius 3 is 2.83 bits per heavy atom. The van der Waals surface area contributed by atoms with Crippen LogP contribution in [0.15, 0.2) is 30.4 Å². The standard InChI is InChI=1S/C13H16N2O3/c1-3-4-5-8-14-13(16)12-9-11(15(17)18)7-6-10(12)2/h3-4,6-7,9H,5,8H2,1-2H3,(H,14,16)/b4-3+. The Bertz CT molecular complexity index is 481. The zero-order valence-electron chi connectivity index (χ0n) is 10.5. The first-order valence-corrected chi connectivity index (χ1v) is 5.70. The van der Waals surface area contributed by atoms with Crippen LogP contribution in [0.3, 0.4) is 0 Å². The van der Waals surface area contributed by atoms with Crippen LogP contribution in [0.2, 0.25) is 0 Å². The molecule has 96 valence electrons. The summed E-state index contributed by atoms with van der Waals surface area (Å²) >= 11 is 0. The van der Waals surface area contributed by atoms with Gasteiger partial charge in [0, 0.05) is 24.2 Å². The maximum Gasteiger partial charge on any atom is 0.270 e. The molecule has 0 aliphatic carbocycles. The summed E-state index contributed by atoms with van der Waals surface area (Å²) in [5.41, 5.74) is 1.01. The Labute approximate surface area is 106 Å². The summed E-state index contributed by atoms with van der Waals surface area (Å²) in [6.45, 7) is 4.18. The lowest BCUT2D eigenvalue weighted by molar-refractivity contribution is -0.384. The van der Waals surface area contributed by atoms with Gasteiger partial charge in [-0.1, -0.05) is 18.2 Å². The number of nitro benzene ring substituents is 1. The number of nitrogens with one attached hydrogen (secondary N) is 1. The van der Waals surface area contributed by atoms with Crippen LogP contribution in [-0.4, -0.2) is 17.4 Å². The molecule has 18 heavy (non-hydrogen) atoms. The van der Waals surface area contributed by atoms with Gasteiger partial charge in [-0.25, -0.2) is 0 Å². The quantitative estimate of drug-likeness (QED) is 0.377. The van der Waals surface area contributed by atoms with Crippen LogP contribution < -0.4 is 5.32 Å². The maximum absolute atomic E-state index is 11.8. The number of benzene rings is 1. The normalized spacial score (nSPS) is 10.6. The summed E-state index contributed by atoms with van der Waals surface area (Å²) in [4.78, 5) is 22.0. The molecule has 5 nitrogen and oxygen atoms in total. The number of nitro groups is 1. The second-order valence-corrected chi connectivity index (χ2v) is 3.87. The molecule has 0 aromatic heterocycles. The highest BCUT2D eigenvalue weighted by Crippen LogP contribution is 2.17. The zero-order valence-corrected chi connectivity index (χ0v) is 10.5. The Balaban J connectivity index is 2.78. The largest absolute Gasteiger partial charge is 0.352 e. The van der Waals surface area contributed by atoms with Crippen molar-refractivity contribution >= 4 is 11.6 Å². The van der Waals surface area contributed by atoms with E-state index < -0.39 is 4.92 Å². The summed E-state index contributed by atoms with van der Waals surface area (Å²) in [5.74, 6) is -0.277. The summed E-state index contributed by atoms with van der Waals surface area (Å²) in [5, 5.41) is 13.4. The molecule has 1 rings (SSSR count). The second-order valence-electron chi connectivity index (χ2n) is 3.87. The number of carbonyl (C=O) groups excluding carboxylic acids is 1. The van der Waals surface area contributed by atoms with Crippen LogP contribution in [0.1, 0.15) is 29.3 Å². The van der Waals surface area contributed by atoms with E-state index in [1.807, 2.05) is 19.1 Å². The average Bonchev–Trinajstić information content (AvgIpc) is 2.34. The number of rotatable bonds is 5. The third-order valence-electron chi connectivity index (χ3n) is 2.51. The number of allylic oxidation sites excluding steroid dienone is 1. The van der Waals surface area contributed by atoms with Gasteiger partial charge in [-0.3, -0.25) is 14.9 Å². The van der Waals surface area contributed by atoms with Gasteiger partial charge in [-0.2, -0.15) is 0 Å². The molecule has 1 aromatic rings. The van der Waals surface area contributed by atoms with Gasteiger partial charge in [0.05, 0.1) is 4.92 Å². The fourth-order valence-electron chi connectivity index (χ4n) is 1.50. The molecular formula is C13H16N2O3. The second kappa shape index (κ2) is 6.54. The Morgan fingerprint density at radius 2 is 2.22 bits per heavy atom. The van der Waals surface area contributed by atoms with E-state index in [0.29, 0.717) is 12.1 Å². The monoisotopic (exact) mass is 248 g/mol. The smallest absolute Gasteiger partial charge is 0.270 e. The Kier molecular flexibility index (Phi) is 5.05. The van der Waals surface area contributed by atoms with E-state index in [-0.39, 0.29) is 11.6 Å². The lowest BCUT2D eigenvalue weighted by atomic mass is 10.1. The van der Waals surface area contributed by atoms with E-state index in [2.05, 4.69) is 5.32 Å². The molecule has 1 N–H and O–H groups in total. The Hall–Kier alpha value is -2.17. The van der Waals surface area contributed by atoms with Crippen LogP contribution in [-0.2, 0) is 0 Å². The molecule has 0 heterocycles. The summed E-state index contributed by atoms with van der Waals surface area (Å²) in [6.07, 6.45) is 4.60. The van der Waals surface area contributed by atoms with E-state index in [1.165, 1.54) is 12.1 Å². The van der Waals surface area contributed by atoms with E-state index in [4.69, 9.17) is 0 Å². The SMILES string of the molecule is C/C=C/CCNC(=O)c1cc([N+](=O)[O-])ccc1C. The van der Waals surface area contributed by atoms with E-state index >= 15 is 0 Å². The molecule has 0 atom stereocenters. The molecular weight excluding hydrogens is 232 g/mol. The highest BCUT2D eigenvalue weighted by Gasteiger charge is 2.13. The van der Waals surface area contributed by atoms with Crippen molar-refractivity contribution < 1.29 is 9.72 Å². The van der Waals surface area contributed by atoms with Gasteiger partial charge in [0.2, 0.25) is 0 Å². The molecule has 5 heteroatoms.